The molecule has 0 spiro atoms. The number of benzene rings is 1. The molecule has 0 N–H and O–H groups in total. The summed E-state index contributed by atoms with van der Waals surface area (Å²) < 4.78 is 5.71. The number of aryl methyl sites for hydroxylation is 2. The first-order valence-electron chi connectivity index (χ1n) is 8.97. The van der Waals surface area contributed by atoms with E-state index in [0.29, 0.717) is 0 Å². The van der Waals surface area contributed by atoms with Crippen molar-refractivity contribution in [1.82, 2.24) is 0 Å². The molecule has 1 nitrogen and oxygen atoms in total. The lowest BCUT2D eigenvalue weighted by molar-refractivity contribution is 0.304. The van der Waals surface area contributed by atoms with E-state index in [2.05, 4.69) is 74.0 Å². The summed E-state index contributed by atoms with van der Waals surface area (Å²) in [6.45, 7) is 7.29. The van der Waals surface area contributed by atoms with Crippen LogP contribution in [0.2, 0.25) is 0 Å². The molecule has 0 bridgehead atoms. The van der Waals surface area contributed by atoms with Gasteiger partial charge in [-0.1, -0.05) is 44.4 Å². The van der Waals surface area contributed by atoms with Gasteiger partial charge in [0.1, 0.15) is 5.75 Å². The molecule has 2 heterocycles. The van der Waals surface area contributed by atoms with Crippen LogP contribution < -0.4 is 4.74 Å². The molecule has 3 heteroatoms. The number of ether oxygens (including phenoxy) is 1. The average Bonchev–Trinajstić information content (AvgIpc) is 3.27. The summed E-state index contributed by atoms with van der Waals surface area (Å²) in [5.74, 6) is 1.02. The number of rotatable bonds is 7. The monoisotopic (exact) mass is 372 g/mol. The zero-order valence-corrected chi connectivity index (χ0v) is 17.1. The van der Waals surface area contributed by atoms with Crippen molar-refractivity contribution < 1.29 is 4.74 Å². The molecule has 0 unspecified atom stereocenters. The maximum atomic E-state index is 5.71. The zero-order chi connectivity index (χ0) is 17.9. The maximum Gasteiger partial charge on any atom is 0.119 e. The Morgan fingerprint density at radius 2 is 1.40 bits per heavy atom. The summed E-state index contributed by atoms with van der Waals surface area (Å²) in [6, 6.07) is 14.8. The lowest BCUT2D eigenvalue weighted by Crippen LogP contribution is -1.97. The van der Waals surface area contributed by atoms with Crippen molar-refractivity contribution in [2.75, 3.05) is 6.61 Å². The van der Waals surface area contributed by atoms with Gasteiger partial charge < -0.3 is 4.74 Å². The Bertz CT molecular complexity index is 647. The number of hydrogen-bond donors (Lipinski definition) is 0. The molecule has 3 rings (SSSR count). The number of thiophene rings is 2. The average molecular weight is 373 g/mol. The van der Waals surface area contributed by atoms with Crippen LogP contribution in [0.1, 0.15) is 43.7 Å². The smallest absolute Gasteiger partial charge is 0.119 e. The van der Waals surface area contributed by atoms with Crippen LogP contribution >= 0.6 is 22.7 Å². The minimum absolute atomic E-state index is 0.850. The summed E-state index contributed by atoms with van der Waals surface area (Å²) in [4.78, 5) is 2.74. The van der Waals surface area contributed by atoms with Gasteiger partial charge in [-0.25, -0.2) is 0 Å². The van der Waals surface area contributed by atoms with Crippen LogP contribution in [-0.2, 0) is 0 Å². The van der Waals surface area contributed by atoms with Crippen molar-refractivity contribution >= 4 is 22.7 Å². The van der Waals surface area contributed by atoms with Crippen molar-refractivity contribution in [2.24, 2.45) is 0 Å². The van der Waals surface area contributed by atoms with E-state index >= 15 is 0 Å². The molecule has 0 amide bonds. The Hall–Kier alpha value is -1.58. The van der Waals surface area contributed by atoms with Crippen LogP contribution in [0, 0.1) is 13.8 Å². The molecular formula is C22H28OS2. The molecule has 25 heavy (non-hydrogen) atoms. The molecule has 134 valence electrons. The van der Waals surface area contributed by atoms with E-state index in [9.17, 15) is 0 Å². The largest absolute Gasteiger partial charge is 0.494 e. The van der Waals surface area contributed by atoms with Crippen LogP contribution in [0.4, 0.5) is 0 Å². The minimum Gasteiger partial charge on any atom is -0.494 e. The zero-order valence-electron chi connectivity index (χ0n) is 15.5. The minimum atomic E-state index is 0.850. The van der Waals surface area contributed by atoms with Crippen LogP contribution in [-0.4, -0.2) is 6.61 Å². The molecule has 0 radical (unpaired) electrons. The second-order valence-corrected chi connectivity index (χ2v) is 8.08. The van der Waals surface area contributed by atoms with Gasteiger partial charge in [-0.15, -0.1) is 22.7 Å². The SMILES string of the molecule is CCCCCCOc1cc(C)cc(C)c1.c1csc(-c2cccs2)c1. The molecule has 0 aliphatic heterocycles. The van der Waals surface area contributed by atoms with Crippen molar-refractivity contribution in [2.45, 2.75) is 46.5 Å². The summed E-state index contributed by atoms with van der Waals surface area (Å²) in [7, 11) is 0. The third-order valence-corrected chi connectivity index (χ3v) is 5.68. The van der Waals surface area contributed by atoms with Crippen LogP contribution in [0.3, 0.4) is 0 Å². The predicted octanol–water partition coefficient (Wildman–Crippen LogP) is 7.74. The maximum absolute atomic E-state index is 5.71. The van der Waals surface area contributed by atoms with Gasteiger partial charge in [-0.2, -0.15) is 0 Å². The van der Waals surface area contributed by atoms with Gasteiger partial charge in [0.25, 0.3) is 0 Å². The topological polar surface area (TPSA) is 9.23 Å². The fourth-order valence-electron chi connectivity index (χ4n) is 2.57. The first-order valence-corrected chi connectivity index (χ1v) is 10.7. The Kier molecular flexibility index (Phi) is 8.78. The van der Waals surface area contributed by atoms with Crippen molar-refractivity contribution in [3.8, 4) is 15.5 Å². The predicted molar refractivity (Wildman–Crippen MR) is 113 cm³/mol. The second-order valence-electron chi connectivity index (χ2n) is 6.19. The summed E-state index contributed by atoms with van der Waals surface area (Å²) in [5.41, 5.74) is 2.55. The van der Waals surface area contributed by atoms with Crippen LogP contribution in [0.5, 0.6) is 5.75 Å². The molecule has 2 aromatic heterocycles. The highest BCUT2D eigenvalue weighted by Crippen LogP contribution is 2.28. The molecular weight excluding hydrogens is 344 g/mol. The first kappa shape index (κ1) is 19.7. The van der Waals surface area contributed by atoms with Crippen molar-refractivity contribution in [3.05, 3.63) is 64.4 Å². The molecule has 0 aliphatic rings. The van der Waals surface area contributed by atoms with E-state index in [-0.39, 0.29) is 0 Å². The van der Waals surface area contributed by atoms with Gasteiger partial charge in [0.05, 0.1) is 6.61 Å². The van der Waals surface area contributed by atoms with Gasteiger partial charge >= 0.3 is 0 Å². The molecule has 0 aliphatic carbocycles. The molecule has 0 saturated heterocycles. The standard InChI is InChI=1S/C14H22O.C8H6S2/c1-4-5-6-7-8-15-14-10-12(2)9-13(3)11-14;1-3-7(9-5-1)8-4-2-6-10-8/h9-11H,4-8H2,1-3H3;1-6H. The van der Waals surface area contributed by atoms with E-state index in [1.807, 2.05) is 0 Å². The third-order valence-electron chi connectivity index (χ3n) is 3.75. The first-order chi connectivity index (χ1) is 12.2. The quantitative estimate of drug-likeness (QED) is 0.385. The Labute approximate surface area is 160 Å². The van der Waals surface area contributed by atoms with E-state index in [0.717, 1.165) is 12.4 Å². The van der Waals surface area contributed by atoms with Gasteiger partial charge in [0, 0.05) is 9.75 Å². The van der Waals surface area contributed by atoms with Gasteiger partial charge in [0.2, 0.25) is 0 Å². The Balaban J connectivity index is 0.000000194. The lowest BCUT2D eigenvalue weighted by atomic mass is 10.1. The number of unbranched alkanes of at least 4 members (excludes halogenated alkanes) is 3. The third kappa shape index (κ3) is 7.45. The fraction of sp³-hybridized carbons (Fsp3) is 0.364. The fourth-order valence-corrected chi connectivity index (χ4v) is 4.15. The highest BCUT2D eigenvalue weighted by Gasteiger charge is 1.97. The van der Waals surface area contributed by atoms with Gasteiger partial charge in [0.15, 0.2) is 0 Å². The molecule has 0 atom stereocenters. The Morgan fingerprint density at radius 3 is 1.88 bits per heavy atom. The second kappa shape index (κ2) is 11.1. The van der Waals surface area contributed by atoms with E-state index in [1.165, 1.54) is 46.6 Å². The summed E-state index contributed by atoms with van der Waals surface area (Å²) >= 11 is 3.58. The van der Waals surface area contributed by atoms with Gasteiger partial charge in [-0.05, 0) is 66.4 Å². The molecule has 0 fully saturated rings. The van der Waals surface area contributed by atoms with Crippen LogP contribution in [0.15, 0.2) is 53.2 Å². The number of hydrogen-bond acceptors (Lipinski definition) is 3. The summed E-state index contributed by atoms with van der Waals surface area (Å²) in [6.07, 6.45) is 5.04. The van der Waals surface area contributed by atoms with Crippen molar-refractivity contribution in [1.29, 1.82) is 0 Å². The highest BCUT2D eigenvalue weighted by atomic mass is 32.1. The summed E-state index contributed by atoms with van der Waals surface area (Å²) in [5, 5.41) is 4.21. The van der Waals surface area contributed by atoms with Crippen LogP contribution in [0.25, 0.3) is 9.75 Å². The van der Waals surface area contributed by atoms with E-state index in [1.54, 1.807) is 22.7 Å². The molecule has 1 aromatic carbocycles. The molecule has 0 saturated carbocycles. The Morgan fingerprint density at radius 1 is 0.800 bits per heavy atom. The lowest BCUT2D eigenvalue weighted by Gasteiger charge is -2.07. The molecule has 3 aromatic rings. The van der Waals surface area contributed by atoms with Gasteiger partial charge in [-0.3, -0.25) is 0 Å². The van der Waals surface area contributed by atoms with E-state index < -0.39 is 0 Å². The van der Waals surface area contributed by atoms with Crippen molar-refractivity contribution in [3.63, 3.8) is 0 Å². The highest BCUT2D eigenvalue weighted by molar-refractivity contribution is 7.20. The normalized spacial score (nSPS) is 10.2. The van der Waals surface area contributed by atoms with E-state index in [4.69, 9.17) is 4.74 Å².